The molecule has 0 fully saturated rings. The molecule has 40 heavy (non-hydrogen) atoms. The molecule has 214 valence electrons. The number of anilines is 1. The molecule has 11 heteroatoms. The highest BCUT2D eigenvalue weighted by Crippen LogP contribution is 2.30. The normalized spacial score (nSPS) is 12.5. The minimum atomic E-state index is -4.26. The Morgan fingerprint density at radius 1 is 0.950 bits per heavy atom. The van der Waals surface area contributed by atoms with Crippen LogP contribution in [0.1, 0.15) is 39.7 Å². The molecule has 0 saturated heterocycles. The zero-order valence-electron chi connectivity index (χ0n) is 22.7. The molecule has 3 aromatic rings. The third-order valence-corrected chi connectivity index (χ3v) is 8.12. The van der Waals surface area contributed by atoms with Crippen LogP contribution in [0.5, 0.6) is 0 Å². The van der Waals surface area contributed by atoms with Crippen LogP contribution in [0.25, 0.3) is 0 Å². The van der Waals surface area contributed by atoms with Crippen molar-refractivity contribution in [2.45, 2.75) is 57.1 Å². The highest BCUT2D eigenvalue weighted by molar-refractivity contribution is 7.92. The van der Waals surface area contributed by atoms with Gasteiger partial charge in [0.2, 0.25) is 11.8 Å². The molecular weight excluding hydrogens is 576 g/mol. The zero-order chi connectivity index (χ0) is 29.7. The monoisotopic (exact) mass is 607 g/mol. The van der Waals surface area contributed by atoms with E-state index in [1.165, 1.54) is 59.5 Å². The van der Waals surface area contributed by atoms with Crippen LogP contribution in [0.2, 0.25) is 10.0 Å². The van der Waals surface area contributed by atoms with E-state index in [9.17, 15) is 22.4 Å². The molecule has 0 radical (unpaired) electrons. The fourth-order valence-electron chi connectivity index (χ4n) is 4.09. The lowest BCUT2D eigenvalue weighted by atomic mass is 10.1. The fourth-order valence-corrected chi connectivity index (χ4v) is 6.02. The van der Waals surface area contributed by atoms with Gasteiger partial charge in [0.25, 0.3) is 10.0 Å². The molecule has 1 atom stereocenters. The number of hydrogen-bond acceptors (Lipinski definition) is 4. The van der Waals surface area contributed by atoms with Crippen molar-refractivity contribution >= 4 is 50.7 Å². The van der Waals surface area contributed by atoms with Crippen LogP contribution in [-0.4, -0.2) is 43.3 Å². The summed E-state index contributed by atoms with van der Waals surface area (Å²) in [4.78, 5) is 28.6. The summed E-state index contributed by atoms with van der Waals surface area (Å²) >= 11 is 12.4. The lowest BCUT2D eigenvalue weighted by Crippen LogP contribution is -2.55. The van der Waals surface area contributed by atoms with Crippen LogP contribution in [0.15, 0.2) is 77.7 Å². The van der Waals surface area contributed by atoms with E-state index in [-0.39, 0.29) is 33.6 Å². The molecule has 0 aliphatic rings. The van der Waals surface area contributed by atoms with Crippen LogP contribution in [0, 0.1) is 5.82 Å². The van der Waals surface area contributed by atoms with Gasteiger partial charge in [0.1, 0.15) is 18.4 Å². The number of sulfonamides is 1. The number of benzene rings is 3. The van der Waals surface area contributed by atoms with E-state index in [4.69, 9.17) is 23.2 Å². The minimum absolute atomic E-state index is 0.0403. The van der Waals surface area contributed by atoms with E-state index in [1.807, 2.05) is 20.8 Å². The first-order valence-corrected chi connectivity index (χ1v) is 14.8. The largest absolute Gasteiger partial charge is 0.350 e. The number of carbonyl (C=O) groups excluding carboxylic acids is 2. The van der Waals surface area contributed by atoms with Crippen LogP contribution in [0.3, 0.4) is 0 Å². The van der Waals surface area contributed by atoms with E-state index in [1.54, 1.807) is 25.1 Å². The Kier molecular flexibility index (Phi) is 10.2. The van der Waals surface area contributed by atoms with Crippen molar-refractivity contribution in [3.63, 3.8) is 0 Å². The van der Waals surface area contributed by atoms with Gasteiger partial charge in [0.05, 0.1) is 10.6 Å². The number of halogens is 3. The Bertz CT molecular complexity index is 1430. The van der Waals surface area contributed by atoms with Crippen molar-refractivity contribution in [2.24, 2.45) is 0 Å². The minimum Gasteiger partial charge on any atom is -0.350 e. The standard InChI is InChI=1S/C29H32Cl2FN3O4S/c1-5-26(28(37)33-29(2,3)4)34(18-20-11-13-23(32)14-12-20)27(36)19-35(24-16-21(30)15-22(31)17-24)40(38,39)25-9-7-6-8-10-25/h6-17,26H,5,18-19H2,1-4H3,(H,33,37)/t26-/m1/s1. The number of rotatable bonds is 10. The third-order valence-electron chi connectivity index (χ3n) is 5.90. The second-order valence-corrected chi connectivity index (χ2v) is 13.0. The highest BCUT2D eigenvalue weighted by Gasteiger charge is 2.34. The average molecular weight is 609 g/mol. The molecule has 0 aromatic heterocycles. The zero-order valence-corrected chi connectivity index (χ0v) is 25.0. The average Bonchev–Trinajstić information content (AvgIpc) is 2.87. The van der Waals surface area contributed by atoms with E-state index >= 15 is 0 Å². The second kappa shape index (κ2) is 13.0. The molecule has 0 unspecified atom stereocenters. The van der Waals surface area contributed by atoms with E-state index in [0.717, 1.165) is 4.31 Å². The van der Waals surface area contributed by atoms with Crippen molar-refractivity contribution in [2.75, 3.05) is 10.8 Å². The SMILES string of the molecule is CC[C@H](C(=O)NC(C)(C)C)N(Cc1ccc(F)cc1)C(=O)CN(c1cc(Cl)cc(Cl)c1)S(=O)(=O)c1ccccc1. The third kappa shape index (κ3) is 8.19. The molecule has 3 aromatic carbocycles. The first-order valence-electron chi connectivity index (χ1n) is 12.6. The van der Waals surface area contributed by atoms with Crippen LogP contribution < -0.4 is 9.62 Å². The molecule has 2 amide bonds. The lowest BCUT2D eigenvalue weighted by Gasteiger charge is -2.34. The number of hydrogen-bond donors (Lipinski definition) is 1. The first kappa shape index (κ1) is 31.4. The van der Waals surface area contributed by atoms with Gasteiger partial charge in [-0.2, -0.15) is 0 Å². The Morgan fingerprint density at radius 2 is 1.52 bits per heavy atom. The maximum absolute atomic E-state index is 14.0. The summed E-state index contributed by atoms with van der Waals surface area (Å²) in [5.74, 6) is -1.48. The van der Waals surface area contributed by atoms with Gasteiger partial charge < -0.3 is 10.2 Å². The predicted octanol–water partition coefficient (Wildman–Crippen LogP) is 6.05. The summed E-state index contributed by atoms with van der Waals surface area (Å²) in [7, 11) is -4.26. The Labute approximate surface area is 244 Å². The molecular formula is C29H32Cl2FN3O4S. The van der Waals surface area contributed by atoms with Gasteiger partial charge in [-0.1, -0.05) is 60.5 Å². The smallest absolute Gasteiger partial charge is 0.264 e. The van der Waals surface area contributed by atoms with E-state index < -0.39 is 45.8 Å². The fraction of sp³-hybridized carbons (Fsp3) is 0.310. The Morgan fingerprint density at radius 3 is 2.05 bits per heavy atom. The van der Waals surface area contributed by atoms with Crippen molar-refractivity contribution in [1.29, 1.82) is 0 Å². The van der Waals surface area contributed by atoms with Gasteiger partial charge >= 0.3 is 0 Å². The summed E-state index contributed by atoms with van der Waals surface area (Å²) in [6, 6.07) is 16.5. The van der Waals surface area contributed by atoms with Crippen molar-refractivity contribution in [3.05, 3.63) is 94.2 Å². The Hall–Kier alpha value is -3.14. The summed E-state index contributed by atoms with van der Waals surface area (Å²) in [6.45, 7) is 6.52. The highest BCUT2D eigenvalue weighted by atomic mass is 35.5. The summed E-state index contributed by atoms with van der Waals surface area (Å²) in [6.07, 6.45) is 0.253. The van der Waals surface area contributed by atoms with Crippen LogP contribution in [0.4, 0.5) is 10.1 Å². The van der Waals surface area contributed by atoms with Gasteiger partial charge in [0.15, 0.2) is 0 Å². The number of nitrogens with one attached hydrogen (secondary N) is 1. The van der Waals surface area contributed by atoms with Crippen LogP contribution in [-0.2, 0) is 26.2 Å². The van der Waals surface area contributed by atoms with Gasteiger partial charge in [-0.05, 0) is 75.2 Å². The topological polar surface area (TPSA) is 86.8 Å². The maximum Gasteiger partial charge on any atom is 0.264 e. The van der Waals surface area contributed by atoms with E-state index in [0.29, 0.717) is 5.56 Å². The van der Waals surface area contributed by atoms with Crippen molar-refractivity contribution in [1.82, 2.24) is 10.2 Å². The van der Waals surface area contributed by atoms with E-state index in [2.05, 4.69) is 5.32 Å². The maximum atomic E-state index is 14.0. The lowest BCUT2D eigenvalue weighted by molar-refractivity contribution is -0.141. The molecule has 0 spiro atoms. The summed E-state index contributed by atoms with van der Waals surface area (Å²) < 4.78 is 42.2. The number of carbonyl (C=O) groups is 2. The summed E-state index contributed by atoms with van der Waals surface area (Å²) in [5.41, 5.74) is 0.0821. The molecule has 7 nitrogen and oxygen atoms in total. The summed E-state index contributed by atoms with van der Waals surface area (Å²) in [5, 5.41) is 3.26. The molecule has 0 saturated carbocycles. The van der Waals surface area contributed by atoms with Gasteiger partial charge in [-0.15, -0.1) is 0 Å². The molecule has 0 heterocycles. The second-order valence-electron chi connectivity index (χ2n) is 10.3. The van der Waals surface area contributed by atoms with Crippen LogP contribution >= 0.6 is 23.2 Å². The Balaban J connectivity index is 2.09. The van der Waals surface area contributed by atoms with Gasteiger partial charge in [-0.25, -0.2) is 12.8 Å². The first-order chi connectivity index (χ1) is 18.7. The van der Waals surface area contributed by atoms with Crippen molar-refractivity contribution in [3.8, 4) is 0 Å². The molecule has 0 bridgehead atoms. The molecule has 3 rings (SSSR count). The van der Waals surface area contributed by atoms with Crippen molar-refractivity contribution < 1.29 is 22.4 Å². The number of amides is 2. The number of nitrogens with zero attached hydrogens (tertiary/aromatic N) is 2. The predicted molar refractivity (Wildman–Crippen MR) is 156 cm³/mol. The van der Waals surface area contributed by atoms with Gasteiger partial charge in [-0.3, -0.25) is 13.9 Å². The molecule has 1 N–H and O–H groups in total. The van der Waals surface area contributed by atoms with Gasteiger partial charge in [0, 0.05) is 22.1 Å². The molecule has 0 aliphatic carbocycles. The molecule has 0 aliphatic heterocycles. The quantitative estimate of drug-likeness (QED) is 0.304.